The van der Waals surface area contributed by atoms with Crippen LogP contribution in [0.15, 0.2) is 36.0 Å². The molecule has 0 radical (unpaired) electrons. The molecule has 0 saturated carbocycles. The fraction of sp³-hybridized carbons (Fsp3) is 0.444. The third kappa shape index (κ3) is 4.99. The number of benzene rings is 1. The molecule has 1 amide bonds. The maximum absolute atomic E-state index is 12.3. The maximum Gasteiger partial charge on any atom is 0.223 e. The first-order valence-corrected chi connectivity index (χ1v) is 8.73. The minimum Gasteiger partial charge on any atom is -0.390 e. The van der Waals surface area contributed by atoms with Crippen molar-refractivity contribution in [2.45, 2.75) is 32.8 Å². The molecular formula is C18H22Cl2N2O2. The Kier molecular flexibility index (Phi) is 6.69. The first-order valence-electron chi connectivity index (χ1n) is 7.97. The summed E-state index contributed by atoms with van der Waals surface area (Å²) in [6, 6.07) is 5.38. The molecule has 1 heterocycles. The van der Waals surface area contributed by atoms with Crippen molar-refractivity contribution in [1.82, 2.24) is 4.90 Å². The zero-order valence-corrected chi connectivity index (χ0v) is 15.5. The lowest BCUT2D eigenvalue weighted by Crippen LogP contribution is -2.38. The number of hydrogen-bond donors (Lipinski definition) is 0. The van der Waals surface area contributed by atoms with Crippen LogP contribution in [0, 0.1) is 5.92 Å². The smallest absolute Gasteiger partial charge is 0.223 e. The quantitative estimate of drug-likeness (QED) is 0.662. The van der Waals surface area contributed by atoms with Crippen LogP contribution in [0.2, 0.25) is 10.0 Å². The highest BCUT2D eigenvalue weighted by atomic mass is 35.5. The largest absolute Gasteiger partial charge is 0.390 e. The summed E-state index contributed by atoms with van der Waals surface area (Å²) in [5.74, 6) is 0.425. The van der Waals surface area contributed by atoms with Gasteiger partial charge in [-0.1, -0.05) is 54.3 Å². The Labute approximate surface area is 153 Å². The molecule has 0 fully saturated rings. The van der Waals surface area contributed by atoms with E-state index < -0.39 is 0 Å². The van der Waals surface area contributed by atoms with Crippen molar-refractivity contribution >= 4 is 34.8 Å². The van der Waals surface area contributed by atoms with Crippen LogP contribution >= 0.6 is 23.2 Å². The minimum atomic E-state index is -0.162. The molecule has 130 valence electrons. The number of carbonyl (C=O) groups is 1. The normalized spacial score (nSPS) is 16.7. The molecule has 0 N–H and O–H groups in total. The van der Waals surface area contributed by atoms with Gasteiger partial charge in [-0.15, -0.1) is 6.58 Å². The second-order valence-electron chi connectivity index (χ2n) is 6.28. The molecule has 2 rings (SSSR count). The van der Waals surface area contributed by atoms with Crippen LogP contribution in [0.4, 0.5) is 0 Å². The molecule has 0 saturated heterocycles. The highest BCUT2D eigenvalue weighted by Crippen LogP contribution is 2.25. The predicted molar refractivity (Wildman–Crippen MR) is 98.7 cm³/mol. The molecule has 6 heteroatoms. The highest BCUT2D eigenvalue weighted by Gasteiger charge is 2.26. The summed E-state index contributed by atoms with van der Waals surface area (Å²) in [4.78, 5) is 19.6. The summed E-state index contributed by atoms with van der Waals surface area (Å²) in [7, 11) is 0. The van der Waals surface area contributed by atoms with E-state index in [-0.39, 0.29) is 12.0 Å². The Morgan fingerprint density at radius 3 is 2.83 bits per heavy atom. The van der Waals surface area contributed by atoms with Crippen LogP contribution in [0.25, 0.3) is 0 Å². The lowest BCUT2D eigenvalue weighted by atomic mass is 10.0. The van der Waals surface area contributed by atoms with Gasteiger partial charge in [0.2, 0.25) is 5.91 Å². The molecule has 1 aromatic carbocycles. The Morgan fingerprint density at radius 2 is 2.21 bits per heavy atom. The van der Waals surface area contributed by atoms with Gasteiger partial charge in [0, 0.05) is 24.9 Å². The summed E-state index contributed by atoms with van der Waals surface area (Å²) in [5, 5.41) is 5.14. The fourth-order valence-corrected chi connectivity index (χ4v) is 2.83. The molecule has 0 unspecified atom stereocenters. The fourth-order valence-electron chi connectivity index (χ4n) is 2.53. The summed E-state index contributed by atoms with van der Waals surface area (Å²) in [6.07, 6.45) is 2.71. The number of carbonyl (C=O) groups excluding carboxylic acids is 1. The Morgan fingerprint density at radius 1 is 1.46 bits per heavy atom. The average Bonchev–Trinajstić information content (AvgIpc) is 2.97. The van der Waals surface area contributed by atoms with Gasteiger partial charge in [-0.3, -0.25) is 4.79 Å². The van der Waals surface area contributed by atoms with E-state index in [1.54, 1.807) is 23.1 Å². The second kappa shape index (κ2) is 8.54. The number of nitrogens with zero attached hydrogens (tertiary/aromatic N) is 2. The third-order valence-electron chi connectivity index (χ3n) is 3.69. The molecule has 0 aromatic heterocycles. The molecular weight excluding hydrogens is 347 g/mol. The van der Waals surface area contributed by atoms with Gasteiger partial charge in [0.25, 0.3) is 0 Å². The first kappa shape index (κ1) is 18.8. The molecule has 1 aromatic rings. The standard InChI is InChI=1S/C18H22Cl2N2O2/c1-4-7-22(18(23)8-12(2)3)11-14-10-17(21-24-14)13-5-6-15(19)16(20)9-13/h4-6,9,12,14H,1,7-8,10-11H2,2-3H3/t14-/m0/s1. The van der Waals surface area contributed by atoms with Crippen molar-refractivity contribution in [2.24, 2.45) is 11.1 Å². The molecule has 4 nitrogen and oxygen atoms in total. The third-order valence-corrected chi connectivity index (χ3v) is 4.43. The van der Waals surface area contributed by atoms with Crippen molar-refractivity contribution in [1.29, 1.82) is 0 Å². The number of amides is 1. The van der Waals surface area contributed by atoms with Gasteiger partial charge in [0.05, 0.1) is 22.3 Å². The van der Waals surface area contributed by atoms with Gasteiger partial charge in [-0.05, 0) is 18.1 Å². The van der Waals surface area contributed by atoms with Crippen LogP contribution in [0.5, 0.6) is 0 Å². The SMILES string of the molecule is C=CCN(C[C@@H]1CC(c2ccc(Cl)c(Cl)c2)=NO1)C(=O)CC(C)C. The lowest BCUT2D eigenvalue weighted by molar-refractivity contribution is -0.133. The first-order chi connectivity index (χ1) is 11.4. The Hall–Kier alpha value is -1.52. The van der Waals surface area contributed by atoms with E-state index in [2.05, 4.69) is 11.7 Å². The summed E-state index contributed by atoms with van der Waals surface area (Å²) < 4.78 is 0. The van der Waals surface area contributed by atoms with Crippen molar-refractivity contribution in [3.05, 3.63) is 46.5 Å². The summed E-state index contributed by atoms with van der Waals surface area (Å²) in [5.41, 5.74) is 1.70. The molecule has 0 spiro atoms. The predicted octanol–water partition coefficient (Wildman–Crippen LogP) is 4.55. The van der Waals surface area contributed by atoms with Crippen molar-refractivity contribution in [3.8, 4) is 0 Å². The zero-order valence-electron chi connectivity index (χ0n) is 14.0. The van der Waals surface area contributed by atoms with Crippen molar-refractivity contribution in [2.75, 3.05) is 13.1 Å². The minimum absolute atomic E-state index is 0.108. The molecule has 1 aliphatic rings. The molecule has 0 aliphatic carbocycles. The van der Waals surface area contributed by atoms with Gasteiger partial charge in [-0.2, -0.15) is 0 Å². The number of halogens is 2. The van der Waals surface area contributed by atoms with Crippen LogP contribution < -0.4 is 0 Å². The van der Waals surface area contributed by atoms with E-state index >= 15 is 0 Å². The Bertz CT molecular complexity index is 644. The van der Waals surface area contributed by atoms with E-state index in [0.717, 1.165) is 11.3 Å². The van der Waals surface area contributed by atoms with Gasteiger partial charge in [0.1, 0.15) is 0 Å². The van der Waals surface area contributed by atoms with Gasteiger partial charge in [0.15, 0.2) is 6.10 Å². The van der Waals surface area contributed by atoms with Crippen molar-refractivity contribution in [3.63, 3.8) is 0 Å². The van der Waals surface area contributed by atoms with E-state index in [1.807, 2.05) is 19.9 Å². The van der Waals surface area contributed by atoms with Crippen LogP contribution in [-0.4, -0.2) is 35.7 Å². The number of rotatable bonds is 7. The average molecular weight is 369 g/mol. The number of hydrogen-bond acceptors (Lipinski definition) is 3. The van der Waals surface area contributed by atoms with Gasteiger partial charge >= 0.3 is 0 Å². The topological polar surface area (TPSA) is 41.9 Å². The van der Waals surface area contributed by atoms with E-state index in [4.69, 9.17) is 28.0 Å². The highest BCUT2D eigenvalue weighted by molar-refractivity contribution is 6.42. The monoisotopic (exact) mass is 368 g/mol. The van der Waals surface area contributed by atoms with Gasteiger partial charge in [-0.25, -0.2) is 0 Å². The van der Waals surface area contributed by atoms with Crippen molar-refractivity contribution < 1.29 is 9.63 Å². The van der Waals surface area contributed by atoms with Gasteiger partial charge < -0.3 is 9.74 Å². The summed E-state index contributed by atoms with van der Waals surface area (Å²) >= 11 is 12.0. The maximum atomic E-state index is 12.3. The summed E-state index contributed by atoms with van der Waals surface area (Å²) in [6.45, 7) is 8.78. The van der Waals surface area contributed by atoms with E-state index in [0.29, 0.717) is 41.9 Å². The van der Waals surface area contributed by atoms with Crippen LogP contribution in [0.3, 0.4) is 0 Å². The lowest BCUT2D eigenvalue weighted by Gasteiger charge is -2.24. The second-order valence-corrected chi connectivity index (χ2v) is 7.10. The van der Waals surface area contributed by atoms with Crippen LogP contribution in [-0.2, 0) is 9.63 Å². The number of oxime groups is 1. The molecule has 1 aliphatic heterocycles. The molecule has 24 heavy (non-hydrogen) atoms. The van der Waals surface area contributed by atoms with E-state index in [9.17, 15) is 4.79 Å². The zero-order chi connectivity index (χ0) is 17.7. The molecule has 1 atom stereocenters. The molecule has 0 bridgehead atoms. The van der Waals surface area contributed by atoms with E-state index in [1.165, 1.54) is 0 Å². The van der Waals surface area contributed by atoms with Crippen LogP contribution in [0.1, 0.15) is 32.3 Å². The Balaban J connectivity index is 1.98.